The van der Waals surface area contributed by atoms with E-state index in [2.05, 4.69) is 6.92 Å². The smallest absolute Gasteiger partial charge is 0.0596 e. The van der Waals surface area contributed by atoms with Crippen LogP contribution < -0.4 is 0 Å². The molecule has 9 heavy (non-hydrogen) atoms. The van der Waals surface area contributed by atoms with Crippen LogP contribution >= 0.6 is 0 Å². The van der Waals surface area contributed by atoms with Gasteiger partial charge in [0.15, 0.2) is 0 Å². The zero-order chi connectivity index (χ0) is 6.43. The minimum absolute atomic E-state index is 0.0451. The Balaban J connectivity index is 2.15. The van der Waals surface area contributed by atoms with E-state index < -0.39 is 0 Å². The van der Waals surface area contributed by atoms with Crippen LogP contribution in [0.15, 0.2) is 0 Å². The predicted octanol–water partition coefficient (Wildman–Crippen LogP) is 1.41. The Kier molecular flexibility index (Phi) is 1.10. The molecule has 0 aromatic rings. The Labute approximate surface area is 56.1 Å². The molecule has 1 nitrogen and oxygen atoms in total. The highest BCUT2D eigenvalue weighted by molar-refractivity contribution is 4.94. The Bertz CT molecular complexity index is 104. The van der Waals surface area contributed by atoms with Crippen LogP contribution in [0.5, 0.6) is 0 Å². The summed E-state index contributed by atoms with van der Waals surface area (Å²) in [5.74, 6) is 2.14. The predicted molar refractivity (Wildman–Crippen MR) is 36.0 cm³/mol. The second-order valence-corrected chi connectivity index (χ2v) is 3.68. The van der Waals surface area contributed by atoms with Gasteiger partial charge in [0.05, 0.1) is 6.10 Å². The second kappa shape index (κ2) is 1.72. The van der Waals surface area contributed by atoms with Crippen LogP contribution in [-0.2, 0) is 0 Å². The zero-order valence-corrected chi connectivity index (χ0v) is 5.88. The molecule has 2 aliphatic carbocycles. The summed E-state index contributed by atoms with van der Waals surface area (Å²) < 4.78 is 0. The topological polar surface area (TPSA) is 20.2 Å². The van der Waals surface area contributed by atoms with Crippen molar-refractivity contribution in [1.82, 2.24) is 0 Å². The number of aliphatic hydroxyl groups excluding tert-OH is 1. The van der Waals surface area contributed by atoms with E-state index in [1.807, 2.05) is 0 Å². The largest absolute Gasteiger partial charge is 0.393 e. The van der Waals surface area contributed by atoms with Gasteiger partial charge in [-0.2, -0.15) is 0 Å². The van der Waals surface area contributed by atoms with Crippen molar-refractivity contribution in [3.63, 3.8) is 0 Å². The van der Waals surface area contributed by atoms with Gasteiger partial charge < -0.3 is 5.11 Å². The van der Waals surface area contributed by atoms with Crippen molar-refractivity contribution in [2.24, 2.45) is 17.8 Å². The van der Waals surface area contributed by atoms with Crippen molar-refractivity contribution in [3.05, 3.63) is 0 Å². The maximum atomic E-state index is 9.49. The molecular formula is C8H14O. The fraction of sp³-hybridized carbons (Fsp3) is 1.00. The van der Waals surface area contributed by atoms with Crippen molar-refractivity contribution >= 4 is 0 Å². The van der Waals surface area contributed by atoms with E-state index in [-0.39, 0.29) is 6.10 Å². The summed E-state index contributed by atoms with van der Waals surface area (Å²) in [6, 6.07) is 0. The Morgan fingerprint density at radius 1 is 1.22 bits per heavy atom. The van der Waals surface area contributed by atoms with Gasteiger partial charge in [0, 0.05) is 0 Å². The van der Waals surface area contributed by atoms with Crippen LogP contribution in [0.3, 0.4) is 0 Å². The molecule has 2 aliphatic rings. The second-order valence-electron chi connectivity index (χ2n) is 3.68. The summed E-state index contributed by atoms with van der Waals surface area (Å²) >= 11 is 0. The molecule has 52 valence electrons. The molecule has 0 aliphatic heterocycles. The highest BCUT2D eigenvalue weighted by atomic mass is 16.3. The summed E-state index contributed by atoms with van der Waals surface area (Å²) in [6.07, 6.45) is 4.02. The first kappa shape index (κ1) is 5.72. The first-order valence-electron chi connectivity index (χ1n) is 3.97. The molecule has 0 radical (unpaired) electrons. The lowest BCUT2D eigenvalue weighted by Crippen LogP contribution is -2.24. The number of fused-ring (bicyclic) bond motifs is 2. The van der Waals surface area contributed by atoms with Crippen LogP contribution in [0.4, 0.5) is 0 Å². The average Bonchev–Trinajstić information content (AvgIpc) is 2.37. The molecule has 0 spiro atoms. The molecule has 2 bridgehead atoms. The standard InChI is InChI=1S/C8H14O/c1-5-6-2-3-7(4-6)8(5)9/h5-9H,2-4H2,1H3/t5-,6+,7+,8+/m0/s1. The molecule has 0 unspecified atom stereocenters. The molecule has 2 fully saturated rings. The maximum absolute atomic E-state index is 9.49. The first-order chi connectivity index (χ1) is 4.29. The van der Waals surface area contributed by atoms with Crippen molar-refractivity contribution in [3.8, 4) is 0 Å². The van der Waals surface area contributed by atoms with E-state index in [1.165, 1.54) is 19.3 Å². The van der Waals surface area contributed by atoms with Gasteiger partial charge in [-0.15, -0.1) is 0 Å². The summed E-state index contributed by atoms with van der Waals surface area (Å²) in [5.41, 5.74) is 0. The molecule has 0 amide bonds. The third-order valence-corrected chi connectivity index (χ3v) is 3.28. The summed E-state index contributed by atoms with van der Waals surface area (Å²) in [5, 5.41) is 9.49. The minimum Gasteiger partial charge on any atom is -0.393 e. The molecule has 2 saturated carbocycles. The average molecular weight is 126 g/mol. The van der Waals surface area contributed by atoms with Gasteiger partial charge in [-0.25, -0.2) is 0 Å². The fourth-order valence-electron chi connectivity index (χ4n) is 2.55. The molecule has 2 rings (SSSR count). The van der Waals surface area contributed by atoms with Crippen molar-refractivity contribution in [2.45, 2.75) is 32.3 Å². The van der Waals surface area contributed by atoms with E-state index in [1.54, 1.807) is 0 Å². The quantitative estimate of drug-likeness (QED) is 0.520. The van der Waals surface area contributed by atoms with Crippen LogP contribution in [0.2, 0.25) is 0 Å². The number of hydrogen-bond acceptors (Lipinski definition) is 1. The third kappa shape index (κ3) is 0.644. The van der Waals surface area contributed by atoms with E-state index in [9.17, 15) is 5.11 Å². The normalized spacial score (nSPS) is 56.7. The number of aliphatic hydroxyl groups is 1. The summed E-state index contributed by atoms with van der Waals surface area (Å²) in [6.45, 7) is 2.19. The van der Waals surface area contributed by atoms with Gasteiger partial charge in [0.25, 0.3) is 0 Å². The van der Waals surface area contributed by atoms with Gasteiger partial charge in [-0.05, 0) is 37.0 Å². The minimum atomic E-state index is 0.0451. The van der Waals surface area contributed by atoms with Crippen molar-refractivity contribution in [1.29, 1.82) is 0 Å². The summed E-state index contributed by atoms with van der Waals surface area (Å²) in [4.78, 5) is 0. The van der Waals surface area contributed by atoms with Gasteiger partial charge in [-0.3, -0.25) is 0 Å². The van der Waals surface area contributed by atoms with Gasteiger partial charge >= 0.3 is 0 Å². The highest BCUT2D eigenvalue weighted by Gasteiger charge is 2.43. The Morgan fingerprint density at radius 3 is 2.22 bits per heavy atom. The highest BCUT2D eigenvalue weighted by Crippen LogP contribution is 2.47. The van der Waals surface area contributed by atoms with Crippen LogP contribution in [0.1, 0.15) is 26.2 Å². The lowest BCUT2D eigenvalue weighted by molar-refractivity contribution is 0.0677. The van der Waals surface area contributed by atoms with Crippen molar-refractivity contribution in [2.75, 3.05) is 0 Å². The van der Waals surface area contributed by atoms with E-state index in [0.29, 0.717) is 11.8 Å². The first-order valence-corrected chi connectivity index (χ1v) is 3.97. The molecule has 1 N–H and O–H groups in total. The molecule has 0 saturated heterocycles. The van der Waals surface area contributed by atoms with Crippen LogP contribution in [0.25, 0.3) is 0 Å². The molecule has 1 heteroatoms. The van der Waals surface area contributed by atoms with Crippen molar-refractivity contribution < 1.29 is 5.11 Å². The molecule has 0 aromatic heterocycles. The number of hydrogen-bond donors (Lipinski definition) is 1. The molecular weight excluding hydrogens is 112 g/mol. The summed E-state index contributed by atoms with van der Waals surface area (Å²) in [7, 11) is 0. The number of rotatable bonds is 0. The van der Waals surface area contributed by atoms with Gasteiger partial charge in [0.1, 0.15) is 0 Å². The third-order valence-electron chi connectivity index (χ3n) is 3.28. The van der Waals surface area contributed by atoms with E-state index in [4.69, 9.17) is 0 Å². The van der Waals surface area contributed by atoms with E-state index >= 15 is 0 Å². The lowest BCUT2D eigenvalue weighted by atomic mass is 9.88. The van der Waals surface area contributed by atoms with Crippen LogP contribution in [0, 0.1) is 17.8 Å². The van der Waals surface area contributed by atoms with Gasteiger partial charge in [0.2, 0.25) is 0 Å². The lowest BCUT2D eigenvalue weighted by Gasteiger charge is -2.22. The molecule has 4 atom stereocenters. The van der Waals surface area contributed by atoms with Crippen LogP contribution in [-0.4, -0.2) is 11.2 Å². The fourth-order valence-corrected chi connectivity index (χ4v) is 2.55. The van der Waals surface area contributed by atoms with E-state index in [0.717, 1.165) is 5.92 Å². The Morgan fingerprint density at radius 2 is 1.89 bits per heavy atom. The monoisotopic (exact) mass is 126 g/mol. The van der Waals surface area contributed by atoms with Gasteiger partial charge in [-0.1, -0.05) is 6.92 Å². The maximum Gasteiger partial charge on any atom is 0.0596 e. The zero-order valence-electron chi connectivity index (χ0n) is 5.88. The molecule has 0 heterocycles. The molecule has 0 aromatic carbocycles. The SMILES string of the molecule is C[C@H]1[C@@H]2CC[C@H](C2)[C@@H]1O. The Hall–Kier alpha value is -0.0400.